The van der Waals surface area contributed by atoms with Crippen molar-refractivity contribution >= 4 is 16.8 Å². The number of nitrogens with one attached hydrogen (secondary N) is 1. The van der Waals surface area contributed by atoms with Crippen LogP contribution in [0.3, 0.4) is 0 Å². The van der Waals surface area contributed by atoms with Crippen molar-refractivity contribution in [2.75, 3.05) is 33.9 Å². The molecular weight excluding hydrogens is 378 g/mol. The van der Waals surface area contributed by atoms with Gasteiger partial charge in [-0.2, -0.15) is 0 Å². The van der Waals surface area contributed by atoms with Gasteiger partial charge in [-0.25, -0.2) is 0 Å². The van der Waals surface area contributed by atoms with Crippen LogP contribution < -0.4 is 14.8 Å². The molecule has 1 amide bonds. The summed E-state index contributed by atoms with van der Waals surface area (Å²) in [5.41, 5.74) is 2.93. The Kier molecular flexibility index (Phi) is 7.00. The summed E-state index contributed by atoms with van der Waals surface area (Å²) in [7, 11) is 6.11. The van der Waals surface area contributed by atoms with Crippen LogP contribution in [-0.2, 0) is 7.05 Å². The number of nitrogens with zero attached hydrogens (tertiary/aromatic N) is 2. The summed E-state index contributed by atoms with van der Waals surface area (Å²) in [6.45, 7) is 5.38. The molecule has 1 N–H and O–H groups in total. The number of benzene rings is 2. The maximum absolute atomic E-state index is 12.9. The highest BCUT2D eigenvalue weighted by Gasteiger charge is 2.21. The van der Waals surface area contributed by atoms with Crippen LogP contribution in [0.5, 0.6) is 11.5 Å². The van der Waals surface area contributed by atoms with Gasteiger partial charge in [-0.15, -0.1) is 0 Å². The Hall–Kier alpha value is -2.99. The van der Waals surface area contributed by atoms with Crippen LogP contribution in [-0.4, -0.2) is 49.2 Å². The first-order chi connectivity index (χ1) is 14.5. The molecule has 6 nitrogen and oxygen atoms in total. The van der Waals surface area contributed by atoms with Crippen molar-refractivity contribution in [3.05, 3.63) is 59.8 Å². The molecule has 160 valence electrons. The predicted molar refractivity (Wildman–Crippen MR) is 120 cm³/mol. The molecule has 1 heterocycles. The second-order valence-corrected chi connectivity index (χ2v) is 7.43. The standard InChI is InChI=1S/C24H31N3O3/c1-6-29-22-13-12-17(14-23(22)30-7-2)24(28)25-15-21(26(3)4)19-16-27(5)20-11-9-8-10-18(19)20/h8-14,16,21H,6-7,15H2,1-5H3,(H,25,28). The quantitative estimate of drug-likeness (QED) is 0.580. The normalized spacial score (nSPS) is 12.2. The van der Waals surface area contributed by atoms with Crippen molar-refractivity contribution < 1.29 is 14.3 Å². The van der Waals surface area contributed by atoms with Gasteiger partial charge < -0.3 is 24.3 Å². The lowest BCUT2D eigenvalue weighted by atomic mass is 10.0. The molecule has 0 spiro atoms. The van der Waals surface area contributed by atoms with Crippen LogP contribution in [0, 0.1) is 0 Å². The van der Waals surface area contributed by atoms with Gasteiger partial charge in [0.1, 0.15) is 0 Å². The molecule has 1 aromatic heterocycles. The van der Waals surface area contributed by atoms with Gasteiger partial charge in [-0.05, 0) is 57.8 Å². The number of carbonyl (C=O) groups excluding carboxylic acids is 1. The Balaban J connectivity index is 1.80. The number of likely N-dealkylation sites (N-methyl/N-ethyl adjacent to an activating group) is 1. The lowest BCUT2D eigenvalue weighted by Crippen LogP contribution is -2.34. The van der Waals surface area contributed by atoms with Crippen LogP contribution in [0.25, 0.3) is 10.9 Å². The van der Waals surface area contributed by atoms with Gasteiger partial charge in [0.2, 0.25) is 0 Å². The predicted octanol–water partition coefficient (Wildman–Crippen LogP) is 4.01. The molecule has 0 radical (unpaired) electrons. The zero-order valence-electron chi connectivity index (χ0n) is 18.4. The molecule has 3 aromatic rings. The van der Waals surface area contributed by atoms with Crippen molar-refractivity contribution in [2.24, 2.45) is 7.05 Å². The molecule has 0 aliphatic heterocycles. The van der Waals surface area contributed by atoms with Gasteiger partial charge in [-0.1, -0.05) is 18.2 Å². The second kappa shape index (κ2) is 9.67. The van der Waals surface area contributed by atoms with Gasteiger partial charge in [-0.3, -0.25) is 4.79 Å². The van der Waals surface area contributed by atoms with Crippen molar-refractivity contribution in [2.45, 2.75) is 19.9 Å². The summed E-state index contributed by atoms with van der Waals surface area (Å²) in [5, 5.41) is 4.29. The minimum atomic E-state index is -0.133. The Labute approximate surface area is 178 Å². The smallest absolute Gasteiger partial charge is 0.251 e. The van der Waals surface area contributed by atoms with Crippen LogP contribution in [0.4, 0.5) is 0 Å². The summed E-state index contributed by atoms with van der Waals surface area (Å²) >= 11 is 0. The molecule has 3 rings (SSSR count). The summed E-state index contributed by atoms with van der Waals surface area (Å²) in [4.78, 5) is 15.0. The lowest BCUT2D eigenvalue weighted by molar-refractivity contribution is 0.0941. The number of fused-ring (bicyclic) bond motifs is 1. The summed E-state index contributed by atoms with van der Waals surface area (Å²) < 4.78 is 13.4. The van der Waals surface area contributed by atoms with Gasteiger partial charge in [0.15, 0.2) is 11.5 Å². The molecule has 30 heavy (non-hydrogen) atoms. The average molecular weight is 410 g/mol. The van der Waals surface area contributed by atoms with E-state index in [0.717, 1.165) is 0 Å². The van der Waals surface area contributed by atoms with Crippen molar-refractivity contribution in [3.63, 3.8) is 0 Å². The number of carbonyl (C=O) groups is 1. The first kappa shape index (κ1) is 21.7. The molecule has 2 aromatic carbocycles. The van der Waals surface area contributed by atoms with E-state index in [4.69, 9.17) is 9.47 Å². The minimum absolute atomic E-state index is 0.0501. The highest BCUT2D eigenvalue weighted by atomic mass is 16.5. The molecule has 0 aliphatic rings. The molecule has 1 unspecified atom stereocenters. The molecule has 0 saturated heterocycles. The highest BCUT2D eigenvalue weighted by molar-refractivity contribution is 5.95. The number of hydrogen-bond donors (Lipinski definition) is 1. The molecule has 6 heteroatoms. The largest absolute Gasteiger partial charge is 0.490 e. The number of aryl methyl sites for hydroxylation is 1. The number of amides is 1. The molecule has 0 aliphatic carbocycles. The fourth-order valence-corrected chi connectivity index (χ4v) is 3.69. The third-order valence-corrected chi connectivity index (χ3v) is 5.17. The number of hydrogen-bond acceptors (Lipinski definition) is 4. The van der Waals surface area contributed by atoms with Gasteiger partial charge >= 0.3 is 0 Å². The number of aromatic nitrogens is 1. The monoisotopic (exact) mass is 409 g/mol. The Morgan fingerprint density at radius 2 is 1.77 bits per heavy atom. The van der Waals surface area contributed by atoms with E-state index in [0.29, 0.717) is 36.8 Å². The number of ether oxygens (including phenoxy) is 2. The first-order valence-corrected chi connectivity index (χ1v) is 10.3. The van der Waals surface area contributed by atoms with Gasteiger partial charge in [0.05, 0.1) is 19.3 Å². The van der Waals surface area contributed by atoms with Crippen molar-refractivity contribution in [3.8, 4) is 11.5 Å². The second-order valence-electron chi connectivity index (χ2n) is 7.43. The molecule has 0 saturated carbocycles. The van der Waals surface area contributed by atoms with E-state index in [-0.39, 0.29) is 11.9 Å². The van der Waals surface area contributed by atoms with E-state index in [2.05, 4.69) is 33.1 Å². The summed E-state index contributed by atoms with van der Waals surface area (Å²) in [5.74, 6) is 1.11. The van der Waals surface area contributed by atoms with Crippen LogP contribution in [0.1, 0.15) is 35.8 Å². The first-order valence-electron chi connectivity index (χ1n) is 10.3. The summed E-state index contributed by atoms with van der Waals surface area (Å²) in [6, 6.07) is 13.7. The number of para-hydroxylation sites is 1. The van der Waals surface area contributed by atoms with E-state index >= 15 is 0 Å². The fourth-order valence-electron chi connectivity index (χ4n) is 3.69. The zero-order valence-corrected chi connectivity index (χ0v) is 18.4. The topological polar surface area (TPSA) is 55.7 Å². The highest BCUT2D eigenvalue weighted by Crippen LogP contribution is 2.30. The maximum Gasteiger partial charge on any atom is 0.251 e. The van der Waals surface area contributed by atoms with E-state index in [1.54, 1.807) is 18.2 Å². The summed E-state index contributed by atoms with van der Waals surface area (Å²) in [6.07, 6.45) is 2.14. The van der Waals surface area contributed by atoms with E-state index in [9.17, 15) is 4.79 Å². The third-order valence-electron chi connectivity index (χ3n) is 5.17. The fraction of sp³-hybridized carbons (Fsp3) is 0.375. The van der Waals surface area contributed by atoms with Crippen molar-refractivity contribution in [1.82, 2.24) is 14.8 Å². The SMILES string of the molecule is CCOc1ccc(C(=O)NCC(c2cn(C)c3ccccc23)N(C)C)cc1OCC. The molecule has 0 fully saturated rings. The van der Waals surface area contributed by atoms with Crippen LogP contribution in [0.15, 0.2) is 48.7 Å². The molecule has 0 bridgehead atoms. The lowest BCUT2D eigenvalue weighted by Gasteiger charge is -2.24. The minimum Gasteiger partial charge on any atom is -0.490 e. The van der Waals surface area contributed by atoms with Gasteiger partial charge in [0.25, 0.3) is 5.91 Å². The Morgan fingerprint density at radius 3 is 2.47 bits per heavy atom. The third kappa shape index (κ3) is 4.60. The zero-order chi connectivity index (χ0) is 21.7. The van der Waals surface area contributed by atoms with Gasteiger partial charge in [0, 0.05) is 36.3 Å². The average Bonchev–Trinajstić information content (AvgIpc) is 3.06. The maximum atomic E-state index is 12.9. The Bertz CT molecular complexity index is 1010. The molecular formula is C24H31N3O3. The van der Waals surface area contributed by atoms with Crippen LogP contribution in [0.2, 0.25) is 0 Å². The number of rotatable bonds is 9. The van der Waals surface area contributed by atoms with Crippen LogP contribution >= 0.6 is 0 Å². The molecule has 1 atom stereocenters. The van der Waals surface area contributed by atoms with E-state index in [1.165, 1.54) is 16.5 Å². The van der Waals surface area contributed by atoms with Crippen molar-refractivity contribution in [1.29, 1.82) is 0 Å². The Morgan fingerprint density at radius 1 is 1.07 bits per heavy atom. The van der Waals surface area contributed by atoms with E-state index < -0.39 is 0 Å². The van der Waals surface area contributed by atoms with E-state index in [1.807, 2.05) is 47.1 Å².